The highest BCUT2D eigenvalue weighted by Gasteiger charge is 2.31. The average molecular weight is 390 g/mol. The molecule has 2 aromatic carbocycles. The van der Waals surface area contributed by atoms with Crippen molar-refractivity contribution in [2.45, 2.75) is 33.2 Å². The third-order valence-electron chi connectivity index (χ3n) is 5.12. The second kappa shape index (κ2) is 7.05. The van der Waals surface area contributed by atoms with E-state index < -0.39 is 5.69 Å². The van der Waals surface area contributed by atoms with Crippen LogP contribution in [0.1, 0.15) is 41.9 Å². The van der Waals surface area contributed by atoms with Crippen molar-refractivity contribution in [1.29, 1.82) is 0 Å². The van der Waals surface area contributed by atoms with Gasteiger partial charge in [-0.25, -0.2) is 9.80 Å². The fourth-order valence-corrected chi connectivity index (χ4v) is 3.46. The normalized spacial score (nSPS) is 16.2. The second-order valence-corrected chi connectivity index (χ2v) is 7.20. The highest BCUT2D eigenvalue weighted by atomic mass is 16.2. The maximum atomic E-state index is 12.1. The molecule has 29 heavy (non-hydrogen) atoms. The molecule has 0 bridgehead atoms. The summed E-state index contributed by atoms with van der Waals surface area (Å²) < 4.78 is 2.26. The minimum Gasteiger partial charge on any atom is -0.333 e. The van der Waals surface area contributed by atoms with Crippen molar-refractivity contribution in [2.24, 2.45) is 5.10 Å². The van der Waals surface area contributed by atoms with Crippen LogP contribution in [0, 0.1) is 13.8 Å². The number of aromatic nitrogens is 3. The SMILES string of the molecule is CC(=O)N1N=C(c2ccc(-n3nc(C)n(N)c3=O)cc2)CC1c1ccc(C)cc1. The van der Waals surface area contributed by atoms with Gasteiger partial charge in [-0.05, 0) is 37.1 Å². The number of nitrogen functional groups attached to an aromatic ring is 1. The lowest BCUT2D eigenvalue weighted by molar-refractivity contribution is -0.130. The molecule has 8 nitrogen and oxygen atoms in total. The third-order valence-corrected chi connectivity index (χ3v) is 5.12. The number of hydrogen-bond acceptors (Lipinski definition) is 5. The topological polar surface area (TPSA) is 98.5 Å². The molecule has 3 aromatic rings. The molecule has 0 saturated carbocycles. The van der Waals surface area contributed by atoms with Gasteiger partial charge in [-0.1, -0.05) is 42.0 Å². The lowest BCUT2D eigenvalue weighted by atomic mass is 9.97. The number of rotatable bonds is 3. The van der Waals surface area contributed by atoms with Crippen LogP contribution in [-0.4, -0.2) is 31.1 Å². The van der Waals surface area contributed by atoms with E-state index in [9.17, 15) is 9.59 Å². The van der Waals surface area contributed by atoms with E-state index in [1.165, 1.54) is 22.2 Å². The molecule has 1 aromatic heterocycles. The van der Waals surface area contributed by atoms with Gasteiger partial charge >= 0.3 is 5.69 Å². The van der Waals surface area contributed by atoms with Crippen molar-refractivity contribution >= 4 is 11.6 Å². The van der Waals surface area contributed by atoms with Crippen LogP contribution in [0.15, 0.2) is 58.4 Å². The van der Waals surface area contributed by atoms with Gasteiger partial charge < -0.3 is 5.84 Å². The molecule has 1 unspecified atom stereocenters. The monoisotopic (exact) mass is 390 g/mol. The number of hydrogen-bond donors (Lipinski definition) is 1. The molecule has 2 heterocycles. The molecule has 1 amide bonds. The summed E-state index contributed by atoms with van der Waals surface area (Å²) in [7, 11) is 0. The van der Waals surface area contributed by atoms with Gasteiger partial charge in [-0.3, -0.25) is 4.79 Å². The molecule has 8 heteroatoms. The fraction of sp³-hybridized carbons (Fsp3) is 0.238. The zero-order chi connectivity index (χ0) is 20.7. The fourth-order valence-electron chi connectivity index (χ4n) is 3.46. The largest absolute Gasteiger partial charge is 0.369 e. The molecular formula is C21H22N6O2. The highest BCUT2D eigenvalue weighted by Crippen LogP contribution is 2.33. The first-order chi connectivity index (χ1) is 13.8. The van der Waals surface area contributed by atoms with E-state index in [0.717, 1.165) is 21.5 Å². The quantitative estimate of drug-likeness (QED) is 0.692. The van der Waals surface area contributed by atoms with E-state index >= 15 is 0 Å². The Balaban J connectivity index is 1.63. The molecule has 1 atom stereocenters. The molecule has 0 aliphatic carbocycles. The van der Waals surface area contributed by atoms with Crippen LogP contribution in [-0.2, 0) is 4.79 Å². The van der Waals surface area contributed by atoms with Crippen LogP contribution in [0.5, 0.6) is 0 Å². The summed E-state index contributed by atoms with van der Waals surface area (Å²) in [6.07, 6.45) is 0.623. The lowest BCUT2D eigenvalue weighted by Gasteiger charge is -2.20. The predicted octanol–water partition coefficient (Wildman–Crippen LogP) is 2.06. The lowest BCUT2D eigenvalue weighted by Crippen LogP contribution is -2.29. The Morgan fingerprint density at radius 1 is 1.07 bits per heavy atom. The van der Waals surface area contributed by atoms with Gasteiger partial charge in [-0.2, -0.15) is 14.5 Å². The Hall–Kier alpha value is -3.68. The first-order valence-corrected chi connectivity index (χ1v) is 9.33. The Labute approximate surface area is 167 Å². The third kappa shape index (κ3) is 3.33. The Morgan fingerprint density at radius 2 is 1.72 bits per heavy atom. The Bertz CT molecular complexity index is 1160. The van der Waals surface area contributed by atoms with Crippen molar-refractivity contribution in [2.75, 3.05) is 5.84 Å². The summed E-state index contributed by atoms with van der Waals surface area (Å²) in [5.74, 6) is 5.99. The van der Waals surface area contributed by atoms with E-state index in [1.54, 1.807) is 19.1 Å². The first-order valence-electron chi connectivity index (χ1n) is 9.33. The Kier molecular flexibility index (Phi) is 4.54. The van der Waals surface area contributed by atoms with Gasteiger partial charge in [0.25, 0.3) is 0 Å². The second-order valence-electron chi connectivity index (χ2n) is 7.20. The summed E-state index contributed by atoms with van der Waals surface area (Å²) in [4.78, 5) is 24.3. The van der Waals surface area contributed by atoms with Crippen molar-refractivity contribution in [3.63, 3.8) is 0 Å². The molecule has 1 aliphatic heterocycles. The summed E-state index contributed by atoms with van der Waals surface area (Å²) in [6, 6.07) is 15.4. The van der Waals surface area contributed by atoms with E-state index in [2.05, 4.69) is 10.2 Å². The number of benzene rings is 2. The number of carbonyl (C=O) groups is 1. The zero-order valence-electron chi connectivity index (χ0n) is 16.5. The molecular weight excluding hydrogens is 368 g/mol. The first kappa shape index (κ1) is 18.7. The Morgan fingerprint density at radius 3 is 2.28 bits per heavy atom. The minimum atomic E-state index is -0.407. The number of carbonyl (C=O) groups excluding carboxylic acids is 1. The van der Waals surface area contributed by atoms with Crippen molar-refractivity contribution < 1.29 is 4.79 Å². The van der Waals surface area contributed by atoms with E-state index in [1.807, 2.05) is 43.3 Å². The molecule has 0 radical (unpaired) electrons. The summed E-state index contributed by atoms with van der Waals surface area (Å²) in [6.45, 7) is 5.22. The number of nitrogens with two attached hydrogens (primary N) is 1. The van der Waals surface area contributed by atoms with Crippen LogP contribution >= 0.6 is 0 Å². The standard InChI is InChI=1S/C21H22N6O2/c1-13-4-6-17(7-5-13)20-12-19(24-26(20)15(3)28)16-8-10-18(11-9-16)27-21(29)25(22)14(2)23-27/h4-11,20H,12,22H2,1-3H3. The molecule has 2 N–H and O–H groups in total. The maximum Gasteiger partial charge on any atom is 0.369 e. The summed E-state index contributed by atoms with van der Waals surface area (Å²) >= 11 is 0. The molecule has 0 saturated heterocycles. The van der Waals surface area contributed by atoms with E-state index in [0.29, 0.717) is 17.9 Å². The number of nitrogens with zero attached hydrogens (tertiary/aromatic N) is 5. The van der Waals surface area contributed by atoms with Crippen LogP contribution in [0.3, 0.4) is 0 Å². The number of hydrazone groups is 1. The van der Waals surface area contributed by atoms with Gasteiger partial charge in [-0.15, -0.1) is 5.10 Å². The molecule has 0 spiro atoms. The number of aryl methyl sites for hydroxylation is 2. The number of amides is 1. The van der Waals surface area contributed by atoms with Gasteiger partial charge in [0.2, 0.25) is 5.91 Å². The molecule has 148 valence electrons. The zero-order valence-corrected chi connectivity index (χ0v) is 16.5. The maximum absolute atomic E-state index is 12.1. The molecule has 4 rings (SSSR count). The summed E-state index contributed by atoms with van der Waals surface area (Å²) in [5, 5.41) is 10.3. The van der Waals surface area contributed by atoms with Crippen molar-refractivity contribution in [1.82, 2.24) is 19.5 Å². The molecule has 0 fully saturated rings. The van der Waals surface area contributed by atoms with Gasteiger partial charge in [0.15, 0.2) is 5.82 Å². The van der Waals surface area contributed by atoms with Crippen LogP contribution in [0.4, 0.5) is 0 Å². The minimum absolute atomic E-state index is 0.0993. The van der Waals surface area contributed by atoms with E-state index in [4.69, 9.17) is 5.84 Å². The highest BCUT2D eigenvalue weighted by molar-refractivity contribution is 6.03. The van der Waals surface area contributed by atoms with Crippen LogP contribution in [0.2, 0.25) is 0 Å². The van der Waals surface area contributed by atoms with Gasteiger partial charge in [0, 0.05) is 13.3 Å². The predicted molar refractivity (Wildman–Crippen MR) is 110 cm³/mol. The van der Waals surface area contributed by atoms with Gasteiger partial charge in [0.1, 0.15) is 0 Å². The van der Waals surface area contributed by atoms with E-state index in [-0.39, 0.29) is 11.9 Å². The van der Waals surface area contributed by atoms with Gasteiger partial charge in [0.05, 0.1) is 17.4 Å². The summed E-state index contributed by atoms with van der Waals surface area (Å²) in [5.41, 5.74) is 4.15. The molecule has 1 aliphatic rings. The smallest absolute Gasteiger partial charge is 0.333 e. The van der Waals surface area contributed by atoms with Crippen LogP contribution < -0.4 is 11.5 Å². The van der Waals surface area contributed by atoms with Crippen molar-refractivity contribution in [3.05, 3.63) is 81.5 Å². The van der Waals surface area contributed by atoms with Crippen molar-refractivity contribution in [3.8, 4) is 5.69 Å². The average Bonchev–Trinajstić information content (AvgIpc) is 3.27. The van der Waals surface area contributed by atoms with Crippen LogP contribution in [0.25, 0.3) is 5.69 Å².